The maximum Gasteiger partial charge on any atom is 0.216 e. The first kappa shape index (κ1) is 15.6. The van der Waals surface area contributed by atoms with Gasteiger partial charge in [-0.15, -0.1) is 0 Å². The third kappa shape index (κ3) is 3.76. The maximum atomic E-state index is 10.9. The van der Waals surface area contributed by atoms with Crippen LogP contribution in [0.25, 0.3) is 0 Å². The van der Waals surface area contributed by atoms with Gasteiger partial charge in [0.15, 0.2) is 11.5 Å². The molecule has 106 valence electrons. The van der Waals surface area contributed by atoms with Gasteiger partial charge in [0, 0.05) is 19.0 Å². The van der Waals surface area contributed by atoms with E-state index in [0.717, 1.165) is 10.0 Å². The summed E-state index contributed by atoms with van der Waals surface area (Å²) in [5.41, 5.74) is 0.931. The molecule has 1 aromatic rings. The number of benzene rings is 1. The Morgan fingerprint density at radius 2 is 1.74 bits per heavy atom. The maximum absolute atomic E-state index is 10.9. The summed E-state index contributed by atoms with van der Waals surface area (Å²) in [6.07, 6.45) is 0.641. The number of hydrogen-bond acceptors (Lipinski definition) is 4. The monoisotopic (exact) mass is 331 g/mol. The first-order valence-electron chi connectivity index (χ1n) is 5.76. The van der Waals surface area contributed by atoms with E-state index in [-0.39, 0.29) is 5.91 Å². The second-order valence-corrected chi connectivity index (χ2v) is 4.70. The van der Waals surface area contributed by atoms with Gasteiger partial charge in [-0.25, -0.2) is 0 Å². The lowest BCUT2D eigenvalue weighted by Gasteiger charge is -2.17. The Balaban J connectivity index is 3.09. The Bertz CT molecular complexity index is 462. The van der Waals surface area contributed by atoms with Gasteiger partial charge in [0.1, 0.15) is 0 Å². The van der Waals surface area contributed by atoms with Crippen LogP contribution in [0.4, 0.5) is 0 Å². The molecule has 0 atom stereocenters. The van der Waals surface area contributed by atoms with Gasteiger partial charge in [0.25, 0.3) is 0 Å². The van der Waals surface area contributed by atoms with Gasteiger partial charge < -0.3 is 19.5 Å². The number of methoxy groups -OCH3 is 3. The van der Waals surface area contributed by atoms with Crippen molar-refractivity contribution in [1.29, 1.82) is 0 Å². The van der Waals surface area contributed by atoms with E-state index in [0.29, 0.717) is 30.2 Å². The lowest BCUT2D eigenvalue weighted by molar-refractivity contribution is -0.118. The van der Waals surface area contributed by atoms with Crippen molar-refractivity contribution in [2.75, 3.05) is 27.9 Å². The topological polar surface area (TPSA) is 56.8 Å². The molecule has 1 rings (SSSR count). The van der Waals surface area contributed by atoms with E-state index in [2.05, 4.69) is 21.2 Å². The molecule has 0 spiro atoms. The third-order valence-electron chi connectivity index (χ3n) is 2.60. The van der Waals surface area contributed by atoms with Gasteiger partial charge in [-0.1, -0.05) is 0 Å². The number of nitrogens with one attached hydrogen (secondary N) is 1. The minimum Gasteiger partial charge on any atom is -0.492 e. The Morgan fingerprint density at radius 3 is 2.21 bits per heavy atom. The number of amides is 1. The fourth-order valence-corrected chi connectivity index (χ4v) is 2.42. The highest BCUT2D eigenvalue weighted by Crippen LogP contribution is 2.45. The van der Waals surface area contributed by atoms with E-state index in [1.54, 1.807) is 21.3 Å². The number of carbonyl (C=O) groups excluding carboxylic acids is 1. The van der Waals surface area contributed by atoms with Crippen LogP contribution in [-0.4, -0.2) is 33.8 Å². The van der Waals surface area contributed by atoms with E-state index in [1.807, 2.05) is 6.07 Å². The zero-order valence-electron chi connectivity index (χ0n) is 11.5. The Kier molecular flexibility index (Phi) is 5.95. The molecule has 1 amide bonds. The molecule has 0 radical (unpaired) electrons. The van der Waals surface area contributed by atoms with Crippen LogP contribution >= 0.6 is 15.9 Å². The van der Waals surface area contributed by atoms with Crippen LogP contribution in [0.1, 0.15) is 12.5 Å². The fraction of sp³-hybridized carbons (Fsp3) is 0.462. The van der Waals surface area contributed by atoms with Crippen molar-refractivity contribution in [3.63, 3.8) is 0 Å². The SMILES string of the molecule is COc1c(Br)cc(CCNC(C)=O)c(OC)c1OC. The molecule has 0 bridgehead atoms. The summed E-state index contributed by atoms with van der Waals surface area (Å²) in [6, 6.07) is 1.90. The Morgan fingerprint density at radius 1 is 1.16 bits per heavy atom. The highest BCUT2D eigenvalue weighted by molar-refractivity contribution is 9.10. The van der Waals surface area contributed by atoms with Crippen molar-refractivity contribution < 1.29 is 19.0 Å². The average Bonchev–Trinajstić information content (AvgIpc) is 2.37. The molecule has 0 aromatic heterocycles. The first-order valence-corrected chi connectivity index (χ1v) is 6.56. The molecule has 0 heterocycles. The molecule has 5 nitrogen and oxygen atoms in total. The largest absolute Gasteiger partial charge is 0.492 e. The summed E-state index contributed by atoms with van der Waals surface area (Å²) in [7, 11) is 4.70. The van der Waals surface area contributed by atoms with Crippen molar-refractivity contribution in [2.45, 2.75) is 13.3 Å². The standard InChI is InChI=1S/C13H18BrNO4/c1-8(16)15-6-5-9-7-10(14)12(18-3)13(19-4)11(9)17-2/h7H,5-6H2,1-4H3,(H,15,16). The highest BCUT2D eigenvalue weighted by Gasteiger charge is 2.19. The van der Waals surface area contributed by atoms with Crippen LogP contribution in [-0.2, 0) is 11.2 Å². The average molecular weight is 332 g/mol. The molecule has 0 aliphatic carbocycles. The van der Waals surface area contributed by atoms with Crippen LogP contribution in [0.15, 0.2) is 10.5 Å². The van der Waals surface area contributed by atoms with Crippen LogP contribution in [0, 0.1) is 0 Å². The molecular weight excluding hydrogens is 314 g/mol. The van der Waals surface area contributed by atoms with Crippen molar-refractivity contribution in [3.8, 4) is 17.2 Å². The van der Waals surface area contributed by atoms with Crippen molar-refractivity contribution in [1.82, 2.24) is 5.32 Å². The summed E-state index contributed by atoms with van der Waals surface area (Å²) < 4.78 is 16.8. The molecule has 0 saturated carbocycles. The predicted molar refractivity (Wildman–Crippen MR) is 76.2 cm³/mol. The minimum absolute atomic E-state index is 0.0569. The fourth-order valence-electron chi connectivity index (χ4n) is 1.80. The predicted octanol–water partition coefficient (Wildman–Crippen LogP) is 2.15. The number of carbonyl (C=O) groups is 1. The lowest BCUT2D eigenvalue weighted by Crippen LogP contribution is -2.22. The number of halogens is 1. The quantitative estimate of drug-likeness (QED) is 0.867. The van der Waals surface area contributed by atoms with Crippen LogP contribution in [0.3, 0.4) is 0 Å². The minimum atomic E-state index is -0.0569. The molecule has 0 unspecified atom stereocenters. The summed E-state index contributed by atoms with van der Waals surface area (Å²) in [5, 5.41) is 2.75. The first-order chi connectivity index (χ1) is 9.04. The van der Waals surface area contributed by atoms with Gasteiger partial charge in [0.2, 0.25) is 11.7 Å². The van der Waals surface area contributed by atoms with E-state index in [1.165, 1.54) is 6.92 Å². The van der Waals surface area contributed by atoms with Gasteiger partial charge in [-0.2, -0.15) is 0 Å². The van der Waals surface area contributed by atoms with E-state index in [9.17, 15) is 4.79 Å². The summed E-state index contributed by atoms with van der Waals surface area (Å²) in [5.74, 6) is 1.69. The number of rotatable bonds is 6. The Labute approximate surface area is 121 Å². The molecule has 6 heteroatoms. The zero-order valence-corrected chi connectivity index (χ0v) is 13.1. The zero-order chi connectivity index (χ0) is 14.4. The van der Waals surface area contributed by atoms with Crippen molar-refractivity contribution in [2.24, 2.45) is 0 Å². The van der Waals surface area contributed by atoms with Crippen molar-refractivity contribution in [3.05, 3.63) is 16.1 Å². The molecule has 1 aromatic carbocycles. The molecule has 19 heavy (non-hydrogen) atoms. The Hall–Kier alpha value is -1.43. The molecule has 1 N–H and O–H groups in total. The van der Waals surface area contributed by atoms with E-state index >= 15 is 0 Å². The second-order valence-electron chi connectivity index (χ2n) is 3.85. The molecule has 0 fully saturated rings. The van der Waals surface area contributed by atoms with Crippen molar-refractivity contribution >= 4 is 21.8 Å². The molecular formula is C13H18BrNO4. The van der Waals surface area contributed by atoms with Crippen LogP contribution < -0.4 is 19.5 Å². The summed E-state index contributed by atoms with van der Waals surface area (Å²) >= 11 is 3.44. The van der Waals surface area contributed by atoms with Gasteiger partial charge in [-0.3, -0.25) is 4.79 Å². The molecule has 0 saturated heterocycles. The van der Waals surface area contributed by atoms with E-state index < -0.39 is 0 Å². The lowest BCUT2D eigenvalue weighted by atomic mass is 10.1. The smallest absolute Gasteiger partial charge is 0.216 e. The summed E-state index contributed by atoms with van der Waals surface area (Å²) in [6.45, 7) is 2.02. The molecule has 0 aliphatic rings. The van der Waals surface area contributed by atoms with E-state index in [4.69, 9.17) is 14.2 Å². The second kappa shape index (κ2) is 7.23. The van der Waals surface area contributed by atoms with Crippen LogP contribution in [0.5, 0.6) is 17.2 Å². The summed E-state index contributed by atoms with van der Waals surface area (Å²) in [4.78, 5) is 10.9. The van der Waals surface area contributed by atoms with Crippen LogP contribution in [0.2, 0.25) is 0 Å². The van der Waals surface area contributed by atoms with Gasteiger partial charge >= 0.3 is 0 Å². The number of ether oxygens (including phenoxy) is 3. The highest BCUT2D eigenvalue weighted by atomic mass is 79.9. The van der Waals surface area contributed by atoms with Gasteiger partial charge in [0.05, 0.1) is 25.8 Å². The normalized spacial score (nSPS) is 9.95. The van der Waals surface area contributed by atoms with Gasteiger partial charge in [-0.05, 0) is 28.4 Å². The number of hydrogen-bond donors (Lipinski definition) is 1. The third-order valence-corrected chi connectivity index (χ3v) is 3.19. The molecule has 0 aliphatic heterocycles.